The van der Waals surface area contributed by atoms with Crippen LogP contribution >= 0.6 is 0 Å². The SMILES string of the molecule is CC(=O)c1ccc(CCC(C=O)CCCCC#N)cc1. The van der Waals surface area contributed by atoms with E-state index in [0.29, 0.717) is 6.42 Å². The lowest BCUT2D eigenvalue weighted by atomic mass is 9.95. The Morgan fingerprint density at radius 2 is 1.95 bits per heavy atom. The molecule has 0 radical (unpaired) electrons. The van der Waals surface area contributed by atoms with E-state index < -0.39 is 0 Å². The lowest BCUT2D eigenvalue weighted by Crippen LogP contribution is -2.04. The van der Waals surface area contributed by atoms with Crippen molar-refractivity contribution in [3.8, 4) is 6.07 Å². The normalized spacial score (nSPS) is 11.6. The van der Waals surface area contributed by atoms with Gasteiger partial charge in [-0.05, 0) is 38.2 Å². The molecule has 1 atom stereocenters. The van der Waals surface area contributed by atoms with Gasteiger partial charge >= 0.3 is 0 Å². The predicted octanol–water partition coefficient (Wildman–Crippen LogP) is 3.72. The zero-order valence-electron chi connectivity index (χ0n) is 12.0. The lowest BCUT2D eigenvalue weighted by Gasteiger charge is -2.09. The average molecular weight is 271 g/mol. The van der Waals surface area contributed by atoms with Crippen LogP contribution in [0.15, 0.2) is 24.3 Å². The van der Waals surface area contributed by atoms with Gasteiger partial charge in [-0.1, -0.05) is 30.7 Å². The van der Waals surface area contributed by atoms with E-state index >= 15 is 0 Å². The number of nitriles is 1. The molecule has 1 aromatic carbocycles. The molecule has 3 heteroatoms. The molecule has 106 valence electrons. The number of hydrogen-bond donors (Lipinski definition) is 0. The molecule has 1 rings (SSSR count). The number of carbonyl (C=O) groups is 2. The van der Waals surface area contributed by atoms with Gasteiger partial charge in [0, 0.05) is 17.9 Å². The third-order valence-electron chi connectivity index (χ3n) is 3.47. The summed E-state index contributed by atoms with van der Waals surface area (Å²) in [5.41, 5.74) is 1.87. The largest absolute Gasteiger partial charge is 0.303 e. The van der Waals surface area contributed by atoms with Crippen LogP contribution in [0.2, 0.25) is 0 Å². The van der Waals surface area contributed by atoms with Crippen molar-refractivity contribution in [2.24, 2.45) is 5.92 Å². The fourth-order valence-electron chi connectivity index (χ4n) is 2.15. The summed E-state index contributed by atoms with van der Waals surface area (Å²) < 4.78 is 0. The smallest absolute Gasteiger partial charge is 0.159 e. The molecule has 0 aromatic heterocycles. The van der Waals surface area contributed by atoms with Crippen molar-refractivity contribution in [2.45, 2.75) is 45.4 Å². The van der Waals surface area contributed by atoms with E-state index in [9.17, 15) is 9.59 Å². The van der Waals surface area contributed by atoms with Gasteiger partial charge < -0.3 is 4.79 Å². The van der Waals surface area contributed by atoms with Gasteiger partial charge in [-0.25, -0.2) is 0 Å². The minimum atomic E-state index is 0.0693. The quantitative estimate of drug-likeness (QED) is 0.391. The molecule has 0 aliphatic rings. The second-order valence-electron chi connectivity index (χ2n) is 5.09. The van der Waals surface area contributed by atoms with Crippen molar-refractivity contribution in [1.29, 1.82) is 5.26 Å². The minimum absolute atomic E-state index is 0.0693. The summed E-state index contributed by atoms with van der Waals surface area (Å²) in [5.74, 6) is 0.140. The van der Waals surface area contributed by atoms with Crippen LogP contribution in [0.3, 0.4) is 0 Å². The summed E-state index contributed by atoms with van der Waals surface area (Å²) >= 11 is 0. The van der Waals surface area contributed by atoms with Crippen LogP contribution in [-0.2, 0) is 11.2 Å². The monoisotopic (exact) mass is 271 g/mol. The van der Waals surface area contributed by atoms with Crippen molar-refractivity contribution in [2.75, 3.05) is 0 Å². The molecule has 1 unspecified atom stereocenters. The molecular weight excluding hydrogens is 250 g/mol. The Morgan fingerprint density at radius 1 is 1.25 bits per heavy atom. The molecule has 0 N–H and O–H groups in total. The Kier molecular flexibility index (Phi) is 7.27. The highest BCUT2D eigenvalue weighted by molar-refractivity contribution is 5.93. The van der Waals surface area contributed by atoms with Crippen molar-refractivity contribution < 1.29 is 9.59 Å². The zero-order valence-corrected chi connectivity index (χ0v) is 12.0. The molecular formula is C17H21NO2. The van der Waals surface area contributed by atoms with E-state index in [1.165, 1.54) is 0 Å². The Morgan fingerprint density at radius 3 is 2.50 bits per heavy atom. The maximum atomic E-state index is 11.2. The minimum Gasteiger partial charge on any atom is -0.303 e. The first-order valence-electron chi connectivity index (χ1n) is 7.09. The van der Waals surface area contributed by atoms with Gasteiger partial charge in [-0.2, -0.15) is 5.26 Å². The molecule has 0 fully saturated rings. The molecule has 0 aliphatic heterocycles. The molecule has 1 aromatic rings. The third kappa shape index (κ3) is 5.79. The predicted molar refractivity (Wildman–Crippen MR) is 78.4 cm³/mol. The van der Waals surface area contributed by atoms with Gasteiger partial charge in [0.05, 0.1) is 6.07 Å². The Bertz CT molecular complexity index is 471. The van der Waals surface area contributed by atoms with Crippen LogP contribution in [0.4, 0.5) is 0 Å². The molecule has 20 heavy (non-hydrogen) atoms. The standard InChI is InChI=1S/C17H21NO2/c1-14(20)17-10-8-15(9-11-17)6-7-16(13-19)5-3-2-4-12-18/h8-11,13,16H,2-7H2,1H3. The van der Waals surface area contributed by atoms with Crippen LogP contribution in [0.25, 0.3) is 0 Å². The summed E-state index contributed by atoms with van der Waals surface area (Å²) in [7, 11) is 0. The molecule has 3 nitrogen and oxygen atoms in total. The van der Waals surface area contributed by atoms with Gasteiger partial charge in [0.15, 0.2) is 5.78 Å². The topological polar surface area (TPSA) is 57.9 Å². The fraction of sp³-hybridized carbons (Fsp3) is 0.471. The van der Waals surface area contributed by atoms with Crippen molar-refractivity contribution in [1.82, 2.24) is 0 Å². The third-order valence-corrected chi connectivity index (χ3v) is 3.47. The maximum Gasteiger partial charge on any atom is 0.159 e. The number of aldehydes is 1. The second kappa shape index (κ2) is 9.03. The summed E-state index contributed by atoms with van der Waals surface area (Å²) in [5, 5.41) is 8.46. The molecule has 0 bridgehead atoms. The van der Waals surface area contributed by atoms with Gasteiger partial charge in [-0.15, -0.1) is 0 Å². The van der Waals surface area contributed by atoms with E-state index in [-0.39, 0.29) is 11.7 Å². The Balaban J connectivity index is 2.38. The van der Waals surface area contributed by atoms with Crippen molar-refractivity contribution >= 4 is 12.1 Å². The maximum absolute atomic E-state index is 11.2. The Hall–Kier alpha value is -1.95. The number of aryl methyl sites for hydroxylation is 1. The number of nitrogens with zero attached hydrogens (tertiary/aromatic N) is 1. The molecule has 0 amide bonds. The van der Waals surface area contributed by atoms with Crippen LogP contribution in [0.1, 0.15) is 54.9 Å². The number of Topliss-reactive ketones (excluding diaryl/α,β-unsaturated/α-hetero) is 1. The van der Waals surface area contributed by atoms with Crippen LogP contribution in [0, 0.1) is 17.2 Å². The van der Waals surface area contributed by atoms with Crippen LogP contribution < -0.4 is 0 Å². The molecule has 0 aliphatic carbocycles. The zero-order chi connectivity index (χ0) is 14.8. The van der Waals surface area contributed by atoms with Crippen molar-refractivity contribution in [3.63, 3.8) is 0 Å². The number of unbranched alkanes of at least 4 members (excludes halogenated alkanes) is 2. The summed E-state index contributed by atoms with van der Waals surface area (Å²) in [4.78, 5) is 22.2. The first kappa shape index (κ1) is 16.1. The molecule has 0 spiro atoms. The summed E-state index contributed by atoms with van der Waals surface area (Å²) in [6, 6.07) is 9.69. The van der Waals surface area contributed by atoms with Crippen LogP contribution in [0.5, 0.6) is 0 Å². The molecule has 0 saturated heterocycles. The first-order chi connectivity index (χ1) is 9.67. The van der Waals surface area contributed by atoms with Gasteiger partial charge in [-0.3, -0.25) is 4.79 Å². The van der Waals surface area contributed by atoms with E-state index in [4.69, 9.17) is 5.26 Å². The highest BCUT2D eigenvalue weighted by atomic mass is 16.1. The number of ketones is 1. The van der Waals surface area contributed by atoms with E-state index in [1.54, 1.807) is 6.92 Å². The first-order valence-corrected chi connectivity index (χ1v) is 7.09. The Labute approximate surface area is 120 Å². The lowest BCUT2D eigenvalue weighted by molar-refractivity contribution is -0.111. The molecule has 0 heterocycles. The number of hydrogen-bond acceptors (Lipinski definition) is 3. The van der Waals surface area contributed by atoms with E-state index in [2.05, 4.69) is 6.07 Å². The number of benzene rings is 1. The number of carbonyl (C=O) groups excluding carboxylic acids is 2. The highest BCUT2D eigenvalue weighted by Gasteiger charge is 2.08. The summed E-state index contributed by atoms with van der Waals surface area (Å²) in [6.07, 6.45) is 5.93. The fourth-order valence-corrected chi connectivity index (χ4v) is 2.15. The summed E-state index contributed by atoms with van der Waals surface area (Å²) in [6.45, 7) is 1.55. The average Bonchev–Trinajstić information content (AvgIpc) is 2.47. The van der Waals surface area contributed by atoms with Gasteiger partial charge in [0.25, 0.3) is 0 Å². The van der Waals surface area contributed by atoms with Crippen molar-refractivity contribution in [3.05, 3.63) is 35.4 Å². The van der Waals surface area contributed by atoms with Crippen LogP contribution in [-0.4, -0.2) is 12.1 Å². The van der Waals surface area contributed by atoms with E-state index in [0.717, 1.165) is 49.5 Å². The van der Waals surface area contributed by atoms with Gasteiger partial charge in [0.2, 0.25) is 0 Å². The number of rotatable bonds is 9. The molecule has 0 saturated carbocycles. The van der Waals surface area contributed by atoms with E-state index in [1.807, 2.05) is 24.3 Å². The van der Waals surface area contributed by atoms with Gasteiger partial charge in [0.1, 0.15) is 6.29 Å². The second-order valence-corrected chi connectivity index (χ2v) is 5.09. The highest BCUT2D eigenvalue weighted by Crippen LogP contribution is 2.15.